The first-order chi connectivity index (χ1) is 11.7. The van der Waals surface area contributed by atoms with Crippen LogP contribution in [0.15, 0.2) is 52.3 Å². The zero-order valence-corrected chi connectivity index (χ0v) is 15.1. The monoisotopic (exact) mass is 407 g/mol. The van der Waals surface area contributed by atoms with Crippen LogP contribution < -0.4 is 4.72 Å². The first kappa shape index (κ1) is 18.6. The predicted octanol–water partition coefficient (Wildman–Crippen LogP) is 4.87. The lowest BCUT2D eigenvalue weighted by molar-refractivity contribution is -0.139. The van der Waals surface area contributed by atoms with Crippen LogP contribution in [0, 0.1) is 0 Å². The molecule has 1 N–H and O–H groups in total. The molecule has 3 rings (SSSR count). The van der Waals surface area contributed by atoms with Gasteiger partial charge in [-0.3, -0.25) is 0 Å². The molecule has 25 heavy (non-hydrogen) atoms. The van der Waals surface area contributed by atoms with Crippen LogP contribution in [0.4, 0.5) is 13.2 Å². The number of sulfonamides is 1. The summed E-state index contributed by atoms with van der Waals surface area (Å²) < 4.78 is 67.3. The second-order valence-electron chi connectivity index (χ2n) is 5.49. The smallest absolute Gasteiger partial charge is 0.207 e. The Morgan fingerprint density at radius 3 is 2.60 bits per heavy atom. The highest BCUT2D eigenvalue weighted by atomic mass is 35.5. The van der Waals surface area contributed by atoms with Crippen molar-refractivity contribution in [1.29, 1.82) is 0 Å². The molecule has 0 aliphatic carbocycles. The van der Waals surface area contributed by atoms with Gasteiger partial charge in [-0.15, -0.1) is 11.8 Å². The molecule has 134 valence electrons. The van der Waals surface area contributed by atoms with Gasteiger partial charge in [0.05, 0.1) is 10.5 Å². The summed E-state index contributed by atoms with van der Waals surface area (Å²) in [4.78, 5) is 0.105. The number of hydrogen-bond donors (Lipinski definition) is 1. The zero-order chi connectivity index (χ0) is 18.2. The van der Waals surface area contributed by atoms with Gasteiger partial charge in [-0.1, -0.05) is 29.8 Å². The lowest BCUT2D eigenvalue weighted by Crippen LogP contribution is -2.32. The molecule has 0 amide bonds. The molecular weight excluding hydrogens is 395 g/mol. The van der Waals surface area contributed by atoms with E-state index in [1.807, 2.05) is 12.1 Å². The molecule has 0 bridgehead atoms. The molecule has 2 aromatic carbocycles. The molecule has 0 unspecified atom stereocenters. The first-order valence-corrected chi connectivity index (χ1v) is 10.1. The Balaban J connectivity index is 2.00. The Bertz CT molecular complexity index is 900. The van der Waals surface area contributed by atoms with E-state index in [-0.39, 0.29) is 5.02 Å². The van der Waals surface area contributed by atoms with Gasteiger partial charge in [0.2, 0.25) is 10.0 Å². The molecule has 1 atom stereocenters. The largest absolute Gasteiger partial charge is 0.417 e. The number of benzene rings is 2. The third-order valence-corrected chi connectivity index (χ3v) is 6.68. The molecular formula is C16H13ClF3NO2S2. The van der Waals surface area contributed by atoms with Crippen molar-refractivity contribution in [3.05, 3.63) is 58.6 Å². The lowest BCUT2D eigenvalue weighted by Gasteiger charge is -2.26. The molecule has 1 aliphatic rings. The molecule has 3 nitrogen and oxygen atoms in total. The molecule has 9 heteroatoms. The number of hydrogen-bond acceptors (Lipinski definition) is 3. The van der Waals surface area contributed by atoms with E-state index in [4.69, 9.17) is 11.6 Å². The summed E-state index contributed by atoms with van der Waals surface area (Å²) in [6, 6.07) is 9.33. The van der Waals surface area contributed by atoms with Crippen LogP contribution >= 0.6 is 23.4 Å². The molecule has 1 heterocycles. The molecule has 0 spiro atoms. The summed E-state index contributed by atoms with van der Waals surface area (Å²) in [7, 11) is -4.37. The van der Waals surface area contributed by atoms with Crippen molar-refractivity contribution in [2.24, 2.45) is 0 Å². The Labute approximate surface area is 152 Å². The Morgan fingerprint density at radius 2 is 1.88 bits per heavy atom. The predicted molar refractivity (Wildman–Crippen MR) is 91.3 cm³/mol. The summed E-state index contributed by atoms with van der Waals surface area (Å²) in [5.74, 6) is 0.678. The normalized spacial score (nSPS) is 18.0. The number of fused-ring (bicyclic) bond motifs is 1. The van der Waals surface area contributed by atoms with Gasteiger partial charge < -0.3 is 0 Å². The van der Waals surface area contributed by atoms with Crippen LogP contribution in [0.2, 0.25) is 5.02 Å². The standard InChI is InChI=1S/C16H13ClF3NO2S2/c17-10-5-6-15(12(9-10)16(18,19)20)25(22,23)21-13-7-8-24-14-4-2-1-3-11(13)14/h1-6,9,13,21H,7-8H2/t13-/m1/s1. The van der Waals surface area contributed by atoms with Gasteiger partial charge in [0.25, 0.3) is 0 Å². The number of thioether (sulfide) groups is 1. The number of halogens is 4. The maximum absolute atomic E-state index is 13.2. The molecule has 0 saturated heterocycles. The Hall–Kier alpha value is -1.22. The number of alkyl halides is 3. The van der Waals surface area contributed by atoms with Gasteiger partial charge in [0, 0.05) is 16.0 Å². The van der Waals surface area contributed by atoms with Crippen LogP contribution in [0.25, 0.3) is 0 Å². The minimum Gasteiger partial charge on any atom is -0.207 e. The fourth-order valence-electron chi connectivity index (χ4n) is 2.67. The van der Waals surface area contributed by atoms with E-state index in [0.717, 1.165) is 22.6 Å². The van der Waals surface area contributed by atoms with Crippen LogP contribution in [0.5, 0.6) is 0 Å². The van der Waals surface area contributed by atoms with E-state index >= 15 is 0 Å². The fraction of sp³-hybridized carbons (Fsp3) is 0.250. The van der Waals surface area contributed by atoms with Gasteiger partial charge in [-0.25, -0.2) is 13.1 Å². The third kappa shape index (κ3) is 3.97. The van der Waals surface area contributed by atoms with Crippen LogP contribution in [0.1, 0.15) is 23.6 Å². The Kier molecular flexibility index (Phi) is 5.07. The average Bonchev–Trinajstić information content (AvgIpc) is 2.54. The van der Waals surface area contributed by atoms with Crippen LogP contribution in [0.3, 0.4) is 0 Å². The highest BCUT2D eigenvalue weighted by molar-refractivity contribution is 7.99. The highest BCUT2D eigenvalue weighted by Crippen LogP contribution is 2.39. The van der Waals surface area contributed by atoms with E-state index in [9.17, 15) is 21.6 Å². The van der Waals surface area contributed by atoms with Crippen molar-refractivity contribution >= 4 is 33.4 Å². The summed E-state index contributed by atoms with van der Waals surface area (Å²) in [6.45, 7) is 0. The topological polar surface area (TPSA) is 46.2 Å². The number of nitrogens with one attached hydrogen (secondary N) is 1. The quantitative estimate of drug-likeness (QED) is 0.789. The molecule has 0 radical (unpaired) electrons. The van der Waals surface area contributed by atoms with Crippen molar-refractivity contribution in [1.82, 2.24) is 4.72 Å². The summed E-state index contributed by atoms with van der Waals surface area (Å²) in [5, 5.41) is -0.175. The van der Waals surface area contributed by atoms with E-state index in [0.29, 0.717) is 18.2 Å². The minimum absolute atomic E-state index is 0.175. The summed E-state index contributed by atoms with van der Waals surface area (Å²) in [6.07, 6.45) is -4.33. The van der Waals surface area contributed by atoms with Crippen molar-refractivity contribution in [3.63, 3.8) is 0 Å². The van der Waals surface area contributed by atoms with Crippen molar-refractivity contribution in [2.45, 2.75) is 28.4 Å². The second-order valence-corrected chi connectivity index (χ2v) is 8.74. The van der Waals surface area contributed by atoms with Crippen LogP contribution in [-0.4, -0.2) is 14.2 Å². The van der Waals surface area contributed by atoms with Gasteiger partial charge in [0.1, 0.15) is 0 Å². The molecule has 1 aliphatic heterocycles. The first-order valence-electron chi connectivity index (χ1n) is 7.29. The van der Waals surface area contributed by atoms with Crippen molar-refractivity contribution in [3.8, 4) is 0 Å². The van der Waals surface area contributed by atoms with E-state index in [1.165, 1.54) is 0 Å². The van der Waals surface area contributed by atoms with Crippen LogP contribution in [-0.2, 0) is 16.2 Å². The SMILES string of the molecule is O=S(=O)(N[C@@H]1CCSc2ccccc21)c1ccc(Cl)cc1C(F)(F)F. The minimum atomic E-state index is -4.82. The maximum atomic E-state index is 13.2. The lowest BCUT2D eigenvalue weighted by atomic mass is 10.1. The summed E-state index contributed by atoms with van der Waals surface area (Å²) >= 11 is 7.21. The van der Waals surface area contributed by atoms with Gasteiger partial charge in [-0.05, 0) is 42.0 Å². The van der Waals surface area contributed by atoms with Crippen molar-refractivity contribution < 1.29 is 21.6 Å². The van der Waals surface area contributed by atoms with E-state index < -0.39 is 32.7 Å². The summed E-state index contributed by atoms with van der Waals surface area (Å²) in [5.41, 5.74) is -0.504. The molecule has 0 saturated carbocycles. The molecule has 2 aromatic rings. The third-order valence-electron chi connectivity index (χ3n) is 3.79. The van der Waals surface area contributed by atoms with Gasteiger partial charge >= 0.3 is 6.18 Å². The second kappa shape index (κ2) is 6.83. The fourth-order valence-corrected chi connectivity index (χ4v) is 5.43. The van der Waals surface area contributed by atoms with Crippen molar-refractivity contribution in [2.75, 3.05) is 5.75 Å². The zero-order valence-electron chi connectivity index (χ0n) is 12.7. The van der Waals surface area contributed by atoms with E-state index in [1.54, 1.807) is 23.9 Å². The number of rotatable bonds is 3. The molecule has 0 fully saturated rings. The van der Waals surface area contributed by atoms with Gasteiger partial charge in [-0.2, -0.15) is 13.2 Å². The Morgan fingerprint density at radius 1 is 1.16 bits per heavy atom. The van der Waals surface area contributed by atoms with Gasteiger partial charge in [0.15, 0.2) is 0 Å². The highest BCUT2D eigenvalue weighted by Gasteiger charge is 2.38. The maximum Gasteiger partial charge on any atom is 0.417 e. The van der Waals surface area contributed by atoms with E-state index in [2.05, 4.69) is 4.72 Å². The average molecular weight is 408 g/mol. The molecule has 0 aromatic heterocycles.